The molecule has 1 aliphatic heterocycles. The number of anilines is 1. The van der Waals surface area contributed by atoms with Gasteiger partial charge in [0.1, 0.15) is 0 Å². The van der Waals surface area contributed by atoms with Crippen molar-refractivity contribution in [3.63, 3.8) is 0 Å². The maximum atomic E-state index is 11.2. The van der Waals surface area contributed by atoms with E-state index in [0.29, 0.717) is 11.8 Å². The summed E-state index contributed by atoms with van der Waals surface area (Å²) in [5.41, 5.74) is 0.360. The van der Waals surface area contributed by atoms with E-state index < -0.39 is 5.97 Å². The monoisotopic (exact) mass is 270 g/mol. The van der Waals surface area contributed by atoms with Crippen molar-refractivity contribution < 1.29 is 14.3 Å². The molecule has 0 radical (unpaired) electrons. The van der Waals surface area contributed by atoms with Gasteiger partial charge in [0.2, 0.25) is 0 Å². The van der Waals surface area contributed by atoms with Crippen molar-refractivity contribution in [2.24, 2.45) is 0 Å². The van der Waals surface area contributed by atoms with Gasteiger partial charge in [0, 0.05) is 18.5 Å². The van der Waals surface area contributed by atoms with Crippen LogP contribution in [0.2, 0.25) is 0 Å². The molecule has 1 aliphatic rings. The number of carbonyl (C=O) groups is 1. The van der Waals surface area contributed by atoms with Crippen LogP contribution < -0.4 is 5.32 Å². The Labute approximate surface area is 111 Å². The largest absolute Gasteiger partial charge is 0.464 e. The number of methoxy groups -OCH3 is 1. The predicted octanol–water partition coefficient (Wildman–Crippen LogP) is 2.30. The van der Waals surface area contributed by atoms with Crippen molar-refractivity contribution >= 4 is 22.4 Å². The van der Waals surface area contributed by atoms with Crippen LogP contribution >= 0.6 is 11.3 Å². The number of rotatable bonds is 5. The topological polar surface area (TPSA) is 60.5 Å². The molecule has 100 valence electrons. The molecule has 5 nitrogen and oxygen atoms in total. The van der Waals surface area contributed by atoms with E-state index in [-0.39, 0.29) is 0 Å². The van der Waals surface area contributed by atoms with E-state index in [1.165, 1.54) is 31.3 Å². The lowest BCUT2D eigenvalue weighted by molar-refractivity contribution is 0.0134. The highest BCUT2D eigenvalue weighted by atomic mass is 32.1. The van der Waals surface area contributed by atoms with Gasteiger partial charge in [-0.2, -0.15) is 0 Å². The molecule has 1 saturated heterocycles. The molecule has 2 heterocycles. The Morgan fingerprint density at radius 2 is 2.56 bits per heavy atom. The van der Waals surface area contributed by atoms with E-state index in [1.807, 2.05) is 0 Å². The second-order valence-corrected chi connectivity index (χ2v) is 5.09. The van der Waals surface area contributed by atoms with E-state index in [9.17, 15) is 4.79 Å². The number of nitrogens with one attached hydrogen (secondary N) is 1. The molecule has 2 rings (SSSR count). The first kappa shape index (κ1) is 13.3. The normalized spacial score (nSPS) is 19.5. The lowest BCUT2D eigenvalue weighted by atomic mass is 10.1. The molecule has 0 aromatic carbocycles. The molecular formula is C12H18N2O3S. The molecule has 0 spiro atoms. The molecule has 1 fully saturated rings. The second-order valence-electron chi connectivity index (χ2n) is 4.23. The molecule has 1 unspecified atom stereocenters. The zero-order valence-corrected chi connectivity index (χ0v) is 11.3. The molecule has 0 amide bonds. The summed E-state index contributed by atoms with van der Waals surface area (Å²) in [6.45, 7) is 1.70. The number of esters is 1. The second kappa shape index (κ2) is 6.70. The fourth-order valence-corrected chi connectivity index (χ4v) is 2.64. The fourth-order valence-electron chi connectivity index (χ4n) is 1.93. The van der Waals surface area contributed by atoms with E-state index in [0.717, 1.165) is 31.1 Å². The van der Waals surface area contributed by atoms with E-state index in [1.54, 1.807) is 5.38 Å². The van der Waals surface area contributed by atoms with Gasteiger partial charge in [-0.3, -0.25) is 0 Å². The predicted molar refractivity (Wildman–Crippen MR) is 70.2 cm³/mol. The van der Waals surface area contributed by atoms with Crippen LogP contribution in [0.1, 0.15) is 36.2 Å². The molecule has 0 bridgehead atoms. The summed E-state index contributed by atoms with van der Waals surface area (Å²) >= 11 is 1.42. The highest BCUT2D eigenvalue weighted by Crippen LogP contribution is 2.18. The third kappa shape index (κ3) is 3.68. The van der Waals surface area contributed by atoms with Crippen molar-refractivity contribution in [3.8, 4) is 0 Å². The Hall–Kier alpha value is -1.14. The van der Waals surface area contributed by atoms with E-state index in [2.05, 4.69) is 15.0 Å². The van der Waals surface area contributed by atoms with Crippen LogP contribution in [-0.2, 0) is 9.47 Å². The fraction of sp³-hybridized carbons (Fsp3) is 0.667. The van der Waals surface area contributed by atoms with Crippen LogP contribution in [0.15, 0.2) is 5.38 Å². The number of carbonyl (C=O) groups excluding carboxylic acids is 1. The van der Waals surface area contributed by atoms with Crippen LogP contribution in [0.5, 0.6) is 0 Å². The number of ether oxygens (including phenoxy) is 2. The number of hydrogen-bond donors (Lipinski definition) is 1. The van der Waals surface area contributed by atoms with Crippen molar-refractivity contribution in [1.29, 1.82) is 0 Å². The van der Waals surface area contributed by atoms with Crippen LogP contribution in [0, 0.1) is 0 Å². The first-order chi connectivity index (χ1) is 8.79. The van der Waals surface area contributed by atoms with Gasteiger partial charge in [0.05, 0.1) is 13.2 Å². The Balaban J connectivity index is 1.72. The van der Waals surface area contributed by atoms with Crippen molar-refractivity contribution in [1.82, 2.24) is 4.98 Å². The van der Waals surface area contributed by atoms with Crippen LogP contribution in [0.3, 0.4) is 0 Å². The molecule has 1 atom stereocenters. The summed E-state index contributed by atoms with van der Waals surface area (Å²) in [6, 6.07) is 0. The molecule has 0 aliphatic carbocycles. The van der Waals surface area contributed by atoms with Gasteiger partial charge >= 0.3 is 5.97 Å². The number of nitrogens with zero attached hydrogens (tertiary/aromatic N) is 1. The standard InChI is InChI=1S/C12H18N2O3S/c1-16-11(15)10-8-18-12(14-10)13-6-5-9-4-2-3-7-17-9/h8-9H,2-7H2,1H3,(H,13,14). The third-order valence-corrected chi connectivity index (χ3v) is 3.72. The minimum absolute atomic E-state index is 0.360. The van der Waals surface area contributed by atoms with Crippen molar-refractivity contribution in [2.45, 2.75) is 31.8 Å². The van der Waals surface area contributed by atoms with Gasteiger partial charge in [-0.25, -0.2) is 9.78 Å². The van der Waals surface area contributed by atoms with Gasteiger partial charge in [0.25, 0.3) is 0 Å². The molecule has 0 saturated carbocycles. The number of aromatic nitrogens is 1. The maximum absolute atomic E-state index is 11.2. The van der Waals surface area contributed by atoms with Gasteiger partial charge in [0.15, 0.2) is 10.8 Å². The summed E-state index contributed by atoms with van der Waals surface area (Å²) < 4.78 is 10.3. The van der Waals surface area contributed by atoms with E-state index in [4.69, 9.17) is 4.74 Å². The molecule has 18 heavy (non-hydrogen) atoms. The smallest absolute Gasteiger partial charge is 0.357 e. The molecule has 1 aromatic rings. The maximum Gasteiger partial charge on any atom is 0.357 e. The Morgan fingerprint density at radius 1 is 1.67 bits per heavy atom. The SMILES string of the molecule is COC(=O)c1csc(NCCC2CCCCO2)n1. The summed E-state index contributed by atoms with van der Waals surface area (Å²) in [5, 5.41) is 5.67. The zero-order valence-electron chi connectivity index (χ0n) is 10.5. The number of hydrogen-bond acceptors (Lipinski definition) is 6. The van der Waals surface area contributed by atoms with Crippen LogP contribution in [-0.4, -0.2) is 37.3 Å². The highest BCUT2D eigenvalue weighted by Gasteiger charge is 2.14. The first-order valence-corrected chi connectivity index (χ1v) is 7.07. The van der Waals surface area contributed by atoms with Crippen LogP contribution in [0.25, 0.3) is 0 Å². The quantitative estimate of drug-likeness (QED) is 0.832. The Bertz CT molecular complexity index is 388. The molecule has 1 N–H and O–H groups in total. The number of thiazole rings is 1. The van der Waals surface area contributed by atoms with Crippen molar-refractivity contribution in [2.75, 3.05) is 25.6 Å². The Morgan fingerprint density at radius 3 is 3.28 bits per heavy atom. The summed E-state index contributed by atoms with van der Waals surface area (Å²) in [4.78, 5) is 15.4. The van der Waals surface area contributed by atoms with Gasteiger partial charge < -0.3 is 14.8 Å². The Kier molecular flexibility index (Phi) is 4.95. The zero-order chi connectivity index (χ0) is 12.8. The average molecular weight is 270 g/mol. The van der Waals surface area contributed by atoms with Crippen LogP contribution in [0.4, 0.5) is 5.13 Å². The van der Waals surface area contributed by atoms with Gasteiger partial charge in [-0.1, -0.05) is 0 Å². The average Bonchev–Trinajstić information content (AvgIpc) is 2.88. The summed E-state index contributed by atoms with van der Waals surface area (Å²) in [5.74, 6) is -0.394. The first-order valence-electron chi connectivity index (χ1n) is 6.19. The third-order valence-electron chi connectivity index (χ3n) is 2.92. The van der Waals surface area contributed by atoms with Gasteiger partial charge in [-0.15, -0.1) is 11.3 Å². The molecular weight excluding hydrogens is 252 g/mol. The summed E-state index contributed by atoms with van der Waals surface area (Å²) in [7, 11) is 1.36. The molecule has 1 aromatic heterocycles. The highest BCUT2D eigenvalue weighted by molar-refractivity contribution is 7.13. The van der Waals surface area contributed by atoms with E-state index >= 15 is 0 Å². The lowest BCUT2D eigenvalue weighted by Gasteiger charge is -2.22. The minimum Gasteiger partial charge on any atom is -0.464 e. The molecule has 6 heteroatoms. The lowest BCUT2D eigenvalue weighted by Crippen LogP contribution is -2.21. The van der Waals surface area contributed by atoms with Crippen molar-refractivity contribution in [3.05, 3.63) is 11.1 Å². The summed E-state index contributed by atoms with van der Waals surface area (Å²) in [6.07, 6.45) is 4.93. The minimum atomic E-state index is -0.394. The van der Waals surface area contributed by atoms with Gasteiger partial charge in [-0.05, 0) is 25.7 Å².